The maximum Gasteiger partial charge on any atom is 0.323 e. The van der Waals surface area contributed by atoms with Gasteiger partial charge in [-0.05, 0) is 79.5 Å². The first kappa shape index (κ1) is 23.3. The van der Waals surface area contributed by atoms with E-state index in [1.54, 1.807) is 0 Å². The van der Waals surface area contributed by atoms with Crippen LogP contribution in [0.5, 0.6) is 0 Å². The van der Waals surface area contributed by atoms with Gasteiger partial charge in [-0.3, -0.25) is 4.79 Å². The van der Waals surface area contributed by atoms with E-state index in [1.165, 1.54) is 5.56 Å². The zero-order chi connectivity index (χ0) is 23.7. The van der Waals surface area contributed by atoms with Crippen LogP contribution in [0.3, 0.4) is 0 Å². The lowest BCUT2D eigenvalue weighted by Gasteiger charge is -2.47. The van der Waals surface area contributed by atoms with Gasteiger partial charge >= 0.3 is 6.03 Å². The molecule has 2 aromatic rings. The molecule has 3 N–H and O–H groups in total. The third kappa shape index (κ3) is 5.06. The molecule has 2 aliphatic rings. The van der Waals surface area contributed by atoms with E-state index in [-0.39, 0.29) is 17.9 Å². The quantitative estimate of drug-likeness (QED) is 0.611. The van der Waals surface area contributed by atoms with E-state index in [2.05, 4.69) is 36.7 Å². The second-order valence-corrected chi connectivity index (χ2v) is 10.0. The fourth-order valence-corrected chi connectivity index (χ4v) is 5.25. The Kier molecular flexibility index (Phi) is 6.75. The topological polar surface area (TPSA) is 73.5 Å². The van der Waals surface area contributed by atoms with E-state index in [9.17, 15) is 9.59 Å². The molecule has 0 bridgehead atoms. The number of likely N-dealkylation sites (tertiary alicyclic amines) is 1. The van der Waals surface area contributed by atoms with Crippen LogP contribution >= 0.6 is 0 Å². The van der Waals surface area contributed by atoms with Crippen LogP contribution in [0.25, 0.3) is 0 Å². The van der Waals surface area contributed by atoms with Gasteiger partial charge in [0.2, 0.25) is 5.91 Å². The number of amides is 3. The van der Waals surface area contributed by atoms with Gasteiger partial charge in [-0.25, -0.2) is 4.79 Å². The first-order chi connectivity index (χ1) is 15.7. The van der Waals surface area contributed by atoms with Crippen LogP contribution in [-0.2, 0) is 4.79 Å². The molecule has 4 atom stereocenters. The van der Waals surface area contributed by atoms with E-state index < -0.39 is 0 Å². The summed E-state index contributed by atoms with van der Waals surface area (Å²) >= 11 is 0. The highest BCUT2D eigenvalue weighted by Gasteiger charge is 2.43. The molecule has 0 spiro atoms. The standard InChI is InChI=1S/C27H36N4O2/c1-16(2)19-7-10-21(11-8-19)29-27(33)30-22-9-6-17(3)23(14-22)24-13-20-15-28-18(4)12-25(20)31(5)26(24)32/h6-11,14,16,18,20,24-25,28H,12-13,15H2,1-5H3,(H2,29,30,33). The molecule has 0 aromatic heterocycles. The number of aryl methyl sites for hydroxylation is 1. The van der Waals surface area contributed by atoms with Crippen molar-refractivity contribution in [3.63, 3.8) is 0 Å². The zero-order valence-electron chi connectivity index (χ0n) is 20.3. The number of rotatable bonds is 4. The molecule has 3 amide bonds. The van der Waals surface area contributed by atoms with Crippen molar-refractivity contribution in [1.29, 1.82) is 0 Å². The van der Waals surface area contributed by atoms with E-state index in [0.717, 1.165) is 36.2 Å². The van der Waals surface area contributed by atoms with Crippen molar-refractivity contribution in [1.82, 2.24) is 10.2 Å². The second kappa shape index (κ2) is 9.56. The van der Waals surface area contributed by atoms with Crippen molar-refractivity contribution in [2.24, 2.45) is 5.92 Å². The lowest BCUT2D eigenvalue weighted by Crippen LogP contribution is -2.57. The Labute approximate surface area is 197 Å². The Hall–Kier alpha value is -2.86. The number of fused-ring (bicyclic) bond motifs is 1. The van der Waals surface area contributed by atoms with Crippen molar-refractivity contribution in [2.75, 3.05) is 24.2 Å². The van der Waals surface area contributed by atoms with Gasteiger partial charge in [-0.15, -0.1) is 0 Å². The average Bonchev–Trinajstić information content (AvgIpc) is 2.78. The van der Waals surface area contributed by atoms with Crippen LogP contribution in [0.15, 0.2) is 42.5 Å². The van der Waals surface area contributed by atoms with Crippen molar-refractivity contribution < 1.29 is 9.59 Å². The molecule has 2 aliphatic heterocycles. The average molecular weight is 449 g/mol. The lowest BCUT2D eigenvalue weighted by atomic mass is 9.75. The number of nitrogens with one attached hydrogen (secondary N) is 3. The Balaban J connectivity index is 1.47. The number of hydrogen-bond acceptors (Lipinski definition) is 3. The molecule has 0 radical (unpaired) electrons. The summed E-state index contributed by atoms with van der Waals surface area (Å²) < 4.78 is 0. The molecule has 176 valence electrons. The van der Waals surface area contributed by atoms with Crippen LogP contribution in [0, 0.1) is 12.8 Å². The predicted molar refractivity (Wildman–Crippen MR) is 134 cm³/mol. The third-order valence-corrected chi connectivity index (χ3v) is 7.30. The van der Waals surface area contributed by atoms with Crippen LogP contribution < -0.4 is 16.0 Å². The van der Waals surface area contributed by atoms with Gasteiger partial charge in [0.1, 0.15) is 0 Å². The van der Waals surface area contributed by atoms with E-state index in [1.807, 2.05) is 61.3 Å². The molecule has 4 unspecified atom stereocenters. The van der Waals surface area contributed by atoms with Crippen LogP contribution in [0.2, 0.25) is 0 Å². The van der Waals surface area contributed by atoms with E-state index >= 15 is 0 Å². The van der Waals surface area contributed by atoms with E-state index in [4.69, 9.17) is 0 Å². The summed E-state index contributed by atoms with van der Waals surface area (Å²) in [6, 6.07) is 14.2. The monoisotopic (exact) mass is 448 g/mol. The van der Waals surface area contributed by atoms with Crippen molar-refractivity contribution in [2.45, 2.75) is 64.5 Å². The number of nitrogens with zero attached hydrogens (tertiary/aromatic N) is 1. The van der Waals surface area contributed by atoms with Gasteiger partial charge in [0.25, 0.3) is 0 Å². The first-order valence-electron chi connectivity index (χ1n) is 12.0. The highest BCUT2D eigenvalue weighted by atomic mass is 16.2. The SMILES string of the molecule is Cc1ccc(NC(=O)Nc2ccc(C(C)C)cc2)cc1C1CC2CNC(C)CC2N(C)C1=O. The van der Waals surface area contributed by atoms with Gasteiger partial charge < -0.3 is 20.9 Å². The molecular weight excluding hydrogens is 412 g/mol. The normalized spacial score (nSPS) is 25.0. The van der Waals surface area contributed by atoms with Crippen LogP contribution in [0.4, 0.5) is 16.2 Å². The summed E-state index contributed by atoms with van der Waals surface area (Å²) in [5.74, 6) is 0.894. The highest BCUT2D eigenvalue weighted by molar-refractivity contribution is 6.00. The van der Waals surface area contributed by atoms with Crippen molar-refractivity contribution >= 4 is 23.3 Å². The number of benzene rings is 2. The molecule has 2 fully saturated rings. The van der Waals surface area contributed by atoms with Crippen molar-refractivity contribution in [3.8, 4) is 0 Å². The van der Waals surface area contributed by atoms with Crippen LogP contribution in [0.1, 0.15) is 62.1 Å². The summed E-state index contributed by atoms with van der Waals surface area (Å²) in [5.41, 5.74) is 4.75. The van der Waals surface area contributed by atoms with Gasteiger partial charge in [0, 0.05) is 37.1 Å². The predicted octanol–water partition coefficient (Wildman–Crippen LogP) is 5.07. The maximum absolute atomic E-state index is 13.3. The van der Waals surface area contributed by atoms with Gasteiger partial charge in [-0.2, -0.15) is 0 Å². The number of carbonyl (C=O) groups excluding carboxylic acids is 2. The van der Waals surface area contributed by atoms with Gasteiger partial charge in [0.05, 0.1) is 5.92 Å². The highest BCUT2D eigenvalue weighted by Crippen LogP contribution is 2.39. The lowest BCUT2D eigenvalue weighted by molar-refractivity contribution is -0.140. The minimum absolute atomic E-state index is 0.181. The second-order valence-electron chi connectivity index (χ2n) is 10.0. The molecule has 0 saturated carbocycles. The summed E-state index contributed by atoms with van der Waals surface area (Å²) in [4.78, 5) is 27.9. The summed E-state index contributed by atoms with van der Waals surface area (Å²) in [6.07, 6.45) is 1.84. The largest absolute Gasteiger partial charge is 0.342 e. The number of piperidine rings is 2. The molecule has 0 aliphatic carbocycles. The van der Waals surface area contributed by atoms with Crippen molar-refractivity contribution in [3.05, 3.63) is 59.2 Å². The van der Waals surface area contributed by atoms with E-state index in [0.29, 0.717) is 29.6 Å². The number of hydrogen-bond donors (Lipinski definition) is 3. The first-order valence-corrected chi connectivity index (χ1v) is 12.0. The third-order valence-electron chi connectivity index (χ3n) is 7.30. The molecule has 2 saturated heterocycles. The zero-order valence-corrected chi connectivity index (χ0v) is 20.3. The minimum atomic E-state index is -0.292. The Morgan fingerprint density at radius 2 is 1.73 bits per heavy atom. The van der Waals surface area contributed by atoms with Gasteiger partial charge in [0.15, 0.2) is 0 Å². The molecule has 33 heavy (non-hydrogen) atoms. The molecule has 2 aromatic carbocycles. The molecule has 6 nitrogen and oxygen atoms in total. The number of urea groups is 1. The summed E-state index contributed by atoms with van der Waals surface area (Å²) in [6.45, 7) is 9.45. The molecule has 6 heteroatoms. The summed E-state index contributed by atoms with van der Waals surface area (Å²) in [7, 11) is 1.94. The van der Waals surface area contributed by atoms with Crippen LogP contribution in [-0.4, -0.2) is 42.5 Å². The smallest absolute Gasteiger partial charge is 0.323 e. The fraction of sp³-hybridized carbons (Fsp3) is 0.481. The summed E-state index contributed by atoms with van der Waals surface area (Å²) in [5, 5.41) is 9.40. The molecule has 2 heterocycles. The number of anilines is 2. The minimum Gasteiger partial charge on any atom is -0.342 e. The van der Waals surface area contributed by atoms with Gasteiger partial charge in [-0.1, -0.05) is 32.0 Å². The molecule has 4 rings (SSSR count). The Morgan fingerprint density at radius 1 is 1.06 bits per heavy atom. The number of likely N-dealkylation sites (N-methyl/N-ethyl adjacent to an activating group) is 1. The maximum atomic E-state index is 13.3. The fourth-order valence-electron chi connectivity index (χ4n) is 5.25. The molecular formula is C27H36N4O2. The number of carbonyl (C=O) groups is 2. The Bertz CT molecular complexity index is 1020. The Morgan fingerprint density at radius 3 is 2.42 bits per heavy atom.